The number of nitrogens with zero attached hydrogens (tertiary/aromatic N) is 1. The summed E-state index contributed by atoms with van der Waals surface area (Å²) in [7, 11) is 1.61. The minimum absolute atomic E-state index is 0.631. The Morgan fingerprint density at radius 1 is 1.20 bits per heavy atom. The fraction of sp³-hybridized carbons (Fsp3) is 0.312. The molecule has 0 bridgehead atoms. The summed E-state index contributed by atoms with van der Waals surface area (Å²) in [5, 5.41) is 3.40. The molecule has 0 aliphatic carbocycles. The molecule has 1 aromatic heterocycles. The summed E-state index contributed by atoms with van der Waals surface area (Å²) >= 11 is 0. The lowest BCUT2D eigenvalue weighted by atomic mass is 10.2. The summed E-state index contributed by atoms with van der Waals surface area (Å²) in [6, 6.07) is 9.92. The van der Waals surface area contributed by atoms with Crippen molar-refractivity contribution in [1.29, 1.82) is 0 Å². The smallest absolute Gasteiger partial charge is 0.212 e. The first-order valence-corrected chi connectivity index (χ1v) is 6.69. The van der Waals surface area contributed by atoms with Gasteiger partial charge in [-0.05, 0) is 43.2 Å². The van der Waals surface area contributed by atoms with Gasteiger partial charge in [0.05, 0.1) is 13.7 Å². The molecule has 0 saturated carbocycles. The van der Waals surface area contributed by atoms with Crippen molar-refractivity contribution in [2.75, 3.05) is 19.0 Å². The predicted molar refractivity (Wildman–Crippen MR) is 80.5 cm³/mol. The molecule has 2 aromatic rings. The van der Waals surface area contributed by atoms with Crippen LogP contribution in [0.1, 0.15) is 18.1 Å². The molecule has 4 heteroatoms. The molecule has 0 aliphatic heterocycles. The second-order valence-electron chi connectivity index (χ2n) is 4.47. The average molecular weight is 272 g/mol. The van der Waals surface area contributed by atoms with Crippen LogP contribution in [0.2, 0.25) is 0 Å². The van der Waals surface area contributed by atoms with Crippen LogP contribution in [-0.4, -0.2) is 18.7 Å². The minimum Gasteiger partial charge on any atom is -0.494 e. The Morgan fingerprint density at radius 2 is 2.05 bits per heavy atom. The van der Waals surface area contributed by atoms with Gasteiger partial charge < -0.3 is 14.8 Å². The van der Waals surface area contributed by atoms with Crippen LogP contribution in [0.5, 0.6) is 11.6 Å². The highest BCUT2D eigenvalue weighted by molar-refractivity contribution is 5.53. The molecule has 0 radical (unpaired) electrons. The third-order valence-corrected chi connectivity index (χ3v) is 3.00. The first kappa shape index (κ1) is 14.2. The van der Waals surface area contributed by atoms with E-state index in [2.05, 4.69) is 17.2 Å². The normalized spacial score (nSPS) is 10.2. The Balaban J connectivity index is 1.99. The van der Waals surface area contributed by atoms with Crippen LogP contribution in [0.4, 0.5) is 5.69 Å². The van der Waals surface area contributed by atoms with Gasteiger partial charge in [-0.25, -0.2) is 4.98 Å². The molecule has 0 saturated heterocycles. The molecule has 1 aromatic carbocycles. The summed E-state index contributed by atoms with van der Waals surface area (Å²) in [5.41, 5.74) is 3.38. The maximum absolute atomic E-state index is 5.48. The zero-order valence-corrected chi connectivity index (χ0v) is 12.1. The molecule has 4 nitrogen and oxygen atoms in total. The second kappa shape index (κ2) is 6.80. The van der Waals surface area contributed by atoms with Crippen molar-refractivity contribution in [1.82, 2.24) is 4.98 Å². The van der Waals surface area contributed by atoms with Crippen molar-refractivity contribution < 1.29 is 9.47 Å². The number of hydrogen-bond donors (Lipinski definition) is 1. The highest BCUT2D eigenvalue weighted by atomic mass is 16.5. The molecule has 1 N–H and O–H groups in total. The van der Waals surface area contributed by atoms with E-state index in [1.807, 2.05) is 43.5 Å². The number of ether oxygens (including phenoxy) is 2. The van der Waals surface area contributed by atoms with Gasteiger partial charge in [-0.1, -0.05) is 6.07 Å². The molecule has 2 rings (SSSR count). The summed E-state index contributed by atoms with van der Waals surface area (Å²) < 4.78 is 10.5. The molecule has 106 valence electrons. The summed E-state index contributed by atoms with van der Waals surface area (Å²) in [5.74, 6) is 1.53. The van der Waals surface area contributed by atoms with Crippen molar-refractivity contribution in [2.45, 2.75) is 20.4 Å². The molecule has 0 atom stereocenters. The van der Waals surface area contributed by atoms with Crippen LogP contribution >= 0.6 is 0 Å². The first-order valence-electron chi connectivity index (χ1n) is 6.69. The van der Waals surface area contributed by atoms with Crippen LogP contribution in [0.3, 0.4) is 0 Å². The Morgan fingerprint density at radius 3 is 2.65 bits per heavy atom. The maximum Gasteiger partial charge on any atom is 0.212 e. The van der Waals surface area contributed by atoms with Gasteiger partial charge in [0.2, 0.25) is 5.88 Å². The second-order valence-corrected chi connectivity index (χ2v) is 4.47. The topological polar surface area (TPSA) is 43.4 Å². The number of benzene rings is 1. The predicted octanol–water partition coefficient (Wildman–Crippen LogP) is 3.41. The zero-order valence-electron chi connectivity index (χ0n) is 12.1. The number of pyridine rings is 1. The number of rotatable bonds is 6. The SMILES string of the molecule is CCOc1ccc(NCc2ccc(OC)nc2)c(C)c1. The van der Waals surface area contributed by atoms with Gasteiger partial charge >= 0.3 is 0 Å². The number of aromatic nitrogens is 1. The molecule has 0 amide bonds. The maximum atomic E-state index is 5.48. The lowest BCUT2D eigenvalue weighted by Gasteiger charge is -2.11. The molecule has 0 aliphatic rings. The van der Waals surface area contributed by atoms with Gasteiger partial charge in [-0.2, -0.15) is 0 Å². The fourth-order valence-corrected chi connectivity index (χ4v) is 1.92. The number of methoxy groups -OCH3 is 1. The number of hydrogen-bond acceptors (Lipinski definition) is 4. The van der Waals surface area contributed by atoms with Gasteiger partial charge in [0, 0.05) is 24.5 Å². The Bertz CT molecular complexity index is 553. The Hall–Kier alpha value is -2.23. The van der Waals surface area contributed by atoms with Crippen molar-refractivity contribution in [3.8, 4) is 11.6 Å². The monoisotopic (exact) mass is 272 g/mol. The first-order chi connectivity index (χ1) is 9.72. The van der Waals surface area contributed by atoms with Crippen LogP contribution in [0.25, 0.3) is 0 Å². The van der Waals surface area contributed by atoms with Gasteiger partial charge in [0.15, 0.2) is 0 Å². The summed E-state index contributed by atoms with van der Waals surface area (Å²) in [6.07, 6.45) is 1.82. The van der Waals surface area contributed by atoms with Crippen molar-refractivity contribution in [2.24, 2.45) is 0 Å². The highest BCUT2D eigenvalue weighted by Gasteiger charge is 2.01. The van der Waals surface area contributed by atoms with Crippen LogP contribution in [0.15, 0.2) is 36.5 Å². The molecular weight excluding hydrogens is 252 g/mol. The highest BCUT2D eigenvalue weighted by Crippen LogP contribution is 2.22. The molecular formula is C16H20N2O2. The average Bonchev–Trinajstić information content (AvgIpc) is 2.47. The van der Waals surface area contributed by atoms with Crippen LogP contribution < -0.4 is 14.8 Å². The van der Waals surface area contributed by atoms with E-state index >= 15 is 0 Å². The van der Waals surface area contributed by atoms with Gasteiger partial charge in [0.1, 0.15) is 5.75 Å². The molecule has 0 unspecified atom stereocenters. The van der Waals surface area contributed by atoms with Crippen molar-refractivity contribution in [3.63, 3.8) is 0 Å². The van der Waals surface area contributed by atoms with Crippen molar-refractivity contribution in [3.05, 3.63) is 47.7 Å². The zero-order chi connectivity index (χ0) is 14.4. The standard InChI is InChI=1S/C16H20N2O2/c1-4-20-14-6-7-15(12(2)9-14)17-10-13-5-8-16(19-3)18-11-13/h5-9,11,17H,4,10H2,1-3H3. The Labute approximate surface area is 119 Å². The van der Waals surface area contributed by atoms with Crippen molar-refractivity contribution >= 4 is 5.69 Å². The van der Waals surface area contributed by atoms with E-state index in [0.29, 0.717) is 12.5 Å². The largest absolute Gasteiger partial charge is 0.494 e. The molecule has 0 spiro atoms. The number of anilines is 1. The van der Waals surface area contributed by atoms with Gasteiger partial charge in [0.25, 0.3) is 0 Å². The summed E-state index contributed by atoms with van der Waals surface area (Å²) in [6.45, 7) is 5.46. The lowest BCUT2D eigenvalue weighted by molar-refractivity contribution is 0.340. The van der Waals surface area contributed by atoms with Crippen LogP contribution in [0, 0.1) is 6.92 Å². The van der Waals surface area contributed by atoms with E-state index in [1.54, 1.807) is 7.11 Å². The van der Waals surface area contributed by atoms with E-state index in [1.165, 1.54) is 0 Å². The molecule has 20 heavy (non-hydrogen) atoms. The van der Waals surface area contributed by atoms with E-state index < -0.39 is 0 Å². The minimum atomic E-state index is 0.631. The van der Waals surface area contributed by atoms with E-state index in [4.69, 9.17) is 9.47 Å². The van der Waals surface area contributed by atoms with E-state index in [9.17, 15) is 0 Å². The number of nitrogens with one attached hydrogen (secondary N) is 1. The summed E-state index contributed by atoms with van der Waals surface area (Å²) in [4.78, 5) is 4.19. The molecule has 0 fully saturated rings. The van der Waals surface area contributed by atoms with E-state index in [-0.39, 0.29) is 0 Å². The third-order valence-electron chi connectivity index (χ3n) is 3.00. The lowest BCUT2D eigenvalue weighted by Crippen LogP contribution is -2.02. The van der Waals surface area contributed by atoms with Crippen LogP contribution in [-0.2, 0) is 6.54 Å². The van der Waals surface area contributed by atoms with E-state index in [0.717, 1.165) is 29.1 Å². The van der Waals surface area contributed by atoms with Gasteiger partial charge in [-0.15, -0.1) is 0 Å². The Kier molecular flexibility index (Phi) is 4.82. The van der Waals surface area contributed by atoms with Gasteiger partial charge in [-0.3, -0.25) is 0 Å². The molecule has 1 heterocycles. The third kappa shape index (κ3) is 3.63. The quantitative estimate of drug-likeness (QED) is 0.875. The number of aryl methyl sites for hydroxylation is 1. The fourth-order valence-electron chi connectivity index (χ4n) is 1.92.